The molecule has 0 N–H and O–H groups in total. The summed E-state index contributed by atoms with van der Waals surface area (Å²) >= 11 is 0. The molecule has 168 valence electrons. The quantitative estimate of drug-likeness (QED) is 0.595. The Morgan fingerprint density at radius 3 is 2.62 bits per heavy atom. The van der Waals surface area contributed by atoms with E-state index in [4.69, 9.17) is 0 Å². The topological polar surface area (TPSA) is 85.9 Å². The van der Waals surface area contributed by atoms with E-state index in [-0.39, 0.29) is 11.5 Å². The molecule has 0 atom stereocenters. The van der Waals surface area contributed by atoms with E-state index in [2.05, 4.69) is 22.0 Å². The monoisotopic (exact) mass is 434 g/mol. The minimum Gasteiger partial charge on any atom is -0.342 e. The first kappa shape index (κ1) is 21.9. The van der Waals surface area contributed by atoms with Gasteiger partial charge >= 0.3 is 0 Å². The largest absolute Gasteiger partial charge is 0.342 e. The van der Waals surface area contributed by atoms with E-state index in [1.165, 1.54) is 17.6 Å². The van der Waals surface area contributed by atoms with Gasteiger partial charge in [0.2, 0.25) is 0 Å². The first-order valence-electron chi connectivity index (χ1n) is 11.1. The number of nitrogens with zero attached hydrogens (tertiary/aromatic N) is 6. The van der Waals surface area contributed by atoms with Gasteiger partial charge in [0.1, 0.15) is 6.33 Å². The van der Waals surface area contributed by atoms with Gasteiger partial charge in [0, 0.05) is 68.2 Å². The highest BCUT2D eigenvalue weighted by Gasteiger charge is 2.26. The molecule has 1 aliphatic rings. The number of hydrogen-bond donors (Lipinski definition) is 0. The highest BCUT2D eigenvalue weighted by atomic mass is 16.2. The molecule has 0 bridgehead atoms. The number of aryl methyl sites for hydroxylation is 2. The van der Waals surface area contributed by atoms with Gasteiger partial charge in [-0.2, -0.15) is 5.10 Å². The van der Waals surface area contributed by atoms with Crippen molar-refractivity contribution in [3.63, 3.8) is 0 Å². The molecule has 0 fully saturated rings. The lowest BCUT2D eigenvalue weighted by atomic mass is 9.95. The molecule has 3 aromatic heterocycles. The summed E-state index contributed by atoms with van der Waals surface area (Å²) in [6.07, 6.45) is 9.12. The molecule has 0 spiro atoms. The highest BCUT2D eigenvalue weighted by Crippen LogP contribution is 2.28. The maximum absolute atomic E-state index is 13.7. The third kappa shape index (κ3) is 4.09. The summed E-state index contributed by atoms with van der Waals surface area (Å²) < 4.78 is 3.67. The lowest BCUT2D eigenvalue weighted by Crippen LogP contribution is -2.35. The van der Waals surface area contributed by atoms with Crippen LogP contribution in [0, 0.1) is 13.8 Å². The zero-order valence-electron chi connectivity index (χ0n) is 19.3. The minimum absolute atomic E-state index is 0.0610. The summed E-state index contributed by atoms with van der Waals surface area (Å²) in [6.45, 7) is 5.38. The Hall–Kier alpha value is -3.29. The molecule has 8 nitrogen and oxygen atoms in total. The van der Waals surface area contributed by atoms with Gasteiger partial charge in [-0.05, 0) is 51.5 Å². The van der Waals surface area contributed by atoms with Crippen LogP contribution in [0.15, 0.2) is 29.6 Å². The molecule has 3 aromatic rings. The van der Waals surface area contributed by atoms with Crippen LogP contribution in [0.3, 0.4) is 0 Å². The molecule has 0 aliphatic carbocycles. The molecule has 8 heteroatoms. The maximum Gasteiger partial charge on any atom is 0.256 e. The Morgan fingerprint density at radius 2 is 1.94 bits per heavy atom. The fourth-order valence-electron chi connectivity index (χ4n) is 4.63. The Bertz CT molecular complexity index is 1200. The summed E-state index contributed by atoms with van der Waals surface area (Å²) in [4.78, 5) is 36.4. The van der Waals surface area contributed by atoms with Crippen LogP contribution in [-0.4, -0.2) is 48.7 Å². The molecular formula is C24H30N6O2. The second-order valence-corrected chi connectivity index (χ2v) is 8.56. The number of carbonyl (C=O) groups is 1. The van der Waals surface area contributed by atoms with E-state index in [0.29, 0.717) is 29.8 Å². The molecule has 0 saturated heterocycles. The number of fused-ring (bicyclic) bond motifs is 1. The molecule has 0 aromatic carbocycles. The number of pyridine rings is 1. The van der Waals surface area contributed by atoms with Gasteiger partial charge in [-0.15, -0.1) is 0 Å². The van der Waals surface area contributed by atoms with Gasteiger partial charge in [-0.1, -0.05) is 0 Å². The third-order valence-corrected chi connectivity index (χ3v) is 6.47. The predicted octanol–water partition coefficient (Wildman–Crippen LogP) is 2.70. The van der Waals surface area contributed by atoms with Crippen LogP contribution >= 0.6 is 0 Å². The SMILES string of the molecule is Cc1nn(C)c(C)c1CCCN(C)C(=O)c1c(-c2cncnc2)cc(=O)n2c1CCCC2. The molecule has 0 radical (unpaired) electrons. The fourth-order valence-corrected chi connectivity index (χ4v) is 4.63. The van der Waals surface area contributed by atoms with Crippen LogP contribution < -0.4 is 5.56 Å². The van der Waals surface area contributed by atoms with E-state index in [1.807, 2.05) is 25.7 Å². The highest BCUT2D eigenvalue weighted by molar-refractivity contribution is 6.01. The second-order valence-electron chi connectivity index (χ2n) is 8.56. The van der Waals surface area contributed by atoms with Crippen LogP contribution in [0.5, 0.6) is 0 Å². The number of hydrogen-bond acceptors (Lipinski definition) is 5. The van der Waals surface area contributed by atoms with Crippen LogP contribution in [0.25, 0.3) is 11.1 Å². The lowest BCUT2D eigenvalue weighted by Gasteiger charge is -2.26. The van der Waals surface area contributed by atoms with E-state index in [9.17, 15) is 9.59 Å². The van der Waals surface area contributed by atoms with Gasteiger partial charge in [0.15, 0.2) is 0 Å². The van der Waals surface area contributed by atoms with Crippen molar-refractivity contribution >= 4 is 5.91 Å². The zero-order valence-corrected chi connectivity index (χ0v) is 19.3. The molecular weight excluding hydrogens is 404 g/mol. The first-order valence-corrected chi connectivity index (χ1v) is 11.1. The Labute approximate surface area is 187 Å². The van der Waals surface area contributed by atoms with E-state index in [1.54, 1.807) is 27.9 Å². The van der Waals surface area contributed by atoms with Crippen molar-refractivity contribution in [3.8, 4) is 11.1 Å². The Kier molecular flexibility index (Phi) is 6.21. The number of carbonyl (C=O) groups excluding carboxylic acids is 1. The van der Waals surface area contributed by atoms with Crippen molar-refractivity contribution in [1.82, 2.24) is 29.2 Å². The van der Waals surface area contributed by atoms with Crippen molar-refractivity contribution in [1.29, 1.82) is 0 Å². The van der Waals surface area contributed by atoms with Crippen molar-refractivity contribution in [2.45, 2.75) is 52.5 Å². The number of amides is 1. The smallest absolute Gasteiger partial charge is 0.256 e. The average Bonchev–Trinajstić information content (AvgIpc) is 3.05. The van der Waals surface area contributed by atoms with Gasteiger partial charge in [-0.25, -0.2) is 9.97 Å². The number of aromatic nitrogens is 5. The summed E-state index contributed by atoms with van der Waals surface area (Å²) in [5, 5.41) is 4.48. The van der Waals surface area contributed by atoms with Gasteiger partial charge in [0.25, 0.3) is 11.5 Å². The maximum atomic E-state index is 13.7. The van der Waals surface area contributed by atoms with E-state index in [0.717, 1.165) is 43.5 Å². The van der Waals surface area contributed by atoms with Gasteiger partial charge in [0.05, 0.1) is 11.3 Å². The van der Waals surface area contributed by atoms with Crippen LogP contribution in [0.1, 0.15) is 52.3 Å². The van der Waals surface area contributed by atoms with Crippen LogP contribution in [0.4, 0.5) is 0 Å². The summed E-state index contributed by atoms with van der Waals surface area (Å²) in [7, 11) is 3.79. The van der Waals surface area contributed by atoms with Gasteiger partial charge < -0.3 is 9.47 Å². The van der Waals surface area contributed by atoms with E-state index >= 15 is 0 Å². The van der Waals surface area contributed by atoms with Crippen molar-refractivity contribution in [2.75, 3.05) is 13.6 Å². The molecule has 0 saturated carbocycles. The molecule has 1 amide bonds. The Morgan fingerprint density at radius 1 is 1.19 bits per heavy atom. The summed E-state index contributed by atoms with van der Waals surface area (Å²) in [5.74, 6) is -0.0610. The summed E-state index contributed by atoms with van der Waals surface area (Å²) in [5.41, 5.74) is 6.14. The molecule has 0 unspecified atom stereocenters. The van der Waals surface area contributed by atoms with Crippen molar-refractivity contribution < 1.29 is 4.79 Å². The third-order valence-electron chi connectivity index (χ3n) is 6.47. The standard InChI is InChI=1S/C24H30N6O2/c1-16-19(17(2)29(4)27-16)8-7-10-28(3)24(32)23-20(18-13-25-15-26-14-18)12-22(31)30-11-6-5-9-21(23)30/h12-15H,5-11H2,1-4H3. The van der Waals surface area contributed by atoms with E-state index < -0.39 is 0 Å². The lowest BCUT2D eigenvalue weighted by molar-refractivity contribution is 0.0791. The molecule has 1 aliphatic heterocycles. The molecule has 4 heterocycles. The van der Waals surface area contributed by atoms with Gasteiger partial charge in [-0.3, -0.25) is 14.3 Å². The second kappa shape index (κ2) is 9.06. The summed E-state index contributed by atoms with van der Waals surface area (Å²) in [6, 6.07) is 1.57. The number of rotatable bonds is 6. The van der Waals surface area contributed by atoms with Crippen LogP contribution in [0.2, 0.25) is 0 Å². The normalized spacial score (nSPS) is 13.1. The zero-order chi connectivity index (χ0) is 22.8. The van der Waals surface area contributed by atoms with Crippen molar-refractivity contribution in [3.05, 3.63) is 63.3 Å². The fraction of sp³-hybridized carbons (Fsp3) is 0.458. The first-order chi connectivity index (χ1) is 15.4. The molecule has 4 rings (SSSR count). The predicted molar refractivity (Wildman–Crippen MR) is 123 cm³/mol. The Balaban J connectivity index is 1.62. The van der Waals surface area contributed by atoms with Crippen molar-refractivity contribution in [2.24, 2.45) is 7.05 Å². The van der Waals surface area contributed by atoms with Crippen LogP contribution in [-0.2, 0) is 26.4 Å². The molecule has 32 heavy (non-hydrogen) atoms. The minimum atomic E-state index is -0.0692. The average molecular weight is 435 g/mol.